The first-order valence-electron chi connectivity index (χ1n) is 6.47. The quantitative estimate of drug-likeness (QED) is 0.926. The number of halogens is 2. The van der Waals surface area contributed by atoms with Gasteiger partial charge in [0, 0.05) is 19.0 Å². The van der Waals surface area contributed by atoms with E-state index in [2.05, 4.69) is 10.4 Å². The van der Waals surface area contributed by atoms with Gasteiger partial charge in [0.2, 0.25) is 0 Å². The maximum atomic E-state index is 13.4. The average molecular weight is 310 g/mol. The number of hydrogen-bond acceptors (Lipinski definition) is 4. The van der Waals surface area contributed by atoms with Gasteiger partial charge < -0.3 is 10.1 Å². The van der Waals surface area contributed by atoms with Gasteiger partial charge in [0.15, 0.2) is 0 Å². The van der Waals surface area contributed by atoms with Crippen molar-refractivity contribution in [3.63, 3.8) is 0 Å². The second-order valence-electron chi connectivity index (χ2n) is 4.82. The van der Waals surface area contributed by atoms with Crippen molar-refractivity contribution in [1.29, 1.82) is 0 Å². The van der Waals surface area contributed by atoms with Crippen LogP contribution in [0.25, 0.3) is 0 Å². The van der Waals surface area contributed by atoms with E-state index < -0.39 is 0 Å². The Morgan fingerprint density at radius 2 is 2.33 bits per heavy atom. The first-order chi connectivity index (χ1) is 10.1. The van der Waals surface area contributed by atoms with Crippen molar-refractivity contribution in [1.82, 2.24) is 9.78 Å². The van der Waals surface area contributed by atoms with Crippen LogP contribution in [0.3, 0.4) is 0 Å². The maximum absolute atomic E-state index is 13.4. The summed E-state index contributed by atoms with van der Waals surface area (Å²) in [6, 6.07) is 4.20. The Morgan fingerprint density at radius 1 is 1.52 bits per heavy atom. The molecule has 1 aromatic heterocycles. The van der Waals surface area contributed by atoms with Crippen LogP contribution in [0.4, 0.5) is 10.1 Å². The van der Waals surface area contributed by atoms with Gasteiger partial charge in [0.05, 0.1) is 24.5 Å². The number of nitrogens with one attached hydrogen (secondary N) is 1. The van der Waals surface area contributed by atoms with E-state index in [0.29, 0.717) is 30.0 Å². The van der Waals surface area contributed by atoms with Gasteiger partial charge in [-0.15, -0.1) is 0 Å². The zero-order valence-electron chi connectivity index (χ0n) is 11.3. The monoisotopic (exact) mass is 309 g/mol. The minimum absolute atomic E-state index is 0.0666. The highest BCUT2D eigenvalue weighted by Crippen LogP contribution is 2.35. The molecule has 0 spiro atoms. The molecule has 1 atom stereocenters. The minimum Gasteiger partial charge on any atom is -0.493 e. The molecular formula is C14H13ClFN3O2. The molecule has 1 N–H and O–H groups in total. The molecule has 1 aromatic carbocycles. The molecule has 2 heterocycles. The molecule has 110 valence electrons. The maximum Gasteiger partial charge on any atom is 0.287 e. The zero-order chi connectivity index (χ0) is 15.0. The van der Waals surface area contributed by atoms with Crippen LogP contribution in [0.15, 0.2) is 29.2 Å². The topological polar surface area (TPSA) is 56.1 Å². The summed E-state index contributed by atoms with van der Waals surface area (Å²) in [5.41, 5.74) is 0.757. The predicted molar refractivity (Wildman–Crippen MR) is 77.4 cm³/mol. The number of aromatic nitrogens is 2. The lowest BCUT2D eigenvalue weighted by atomic mass is 10.00. The van der Waals surface area contributed by atoms with Gasteiger partial charge in [0.25, 0.3) is 5.56 Å². The largest absolute Gasteiger partial charge is 0.493 e. The molecular weight excluding hydrogens is 297 g/mol. The Labute approximate surface area is 125 Å². The van der Waals surface area contributed by atoms with Crippen molar-refractivity contribution in [2.45, 2.75) is 12.5 Å². The Balaban J connectivity index is 1.96. The number of nitrogens with zero attached hydrogens (tertiary/aromatic N) is 2. The Bertz CT molecular complexity index is 747. The van der Waals surface area contributed by atoms with Crippen molar-refractivity contribution in [2.75, 3.05) is 11.9 Å². The van der Waals surface area contributed by atoms with Crippen LogP contribution in [0.5, 0.6) is 5.75 Å². The molecule has 3 rings (SSSR count). The van der Waals surface area contributed by atoms with E-state index in [9.17, 15) is 9.18 Å². The number of rotatable bonds is 2. The third-order valence-corrected chi connectivity index (χ3v) is 3.78. The smallest absolute Gasteiger partial charge is 0.287 e. The second kappa shape index (κ2) is 5.37. The molecule has 0 amide bonds. The van der Waals surface area contributed by atoms with Gasteiger partial charge in [0.1, 0.15) is 16.6 Å². The molecule has 2 aromatic rings. The summed E-state index contributed by atoms with van der Waals surface area (Å²) in [5.74, 6) is 0.298. The summed E-state index contributed by atoms with van der Waals surface area (Å²) in [6.07, 6.45) is 2.13. The number of ether oxygens (including phenoxy) is 1. The predicted octanol–water partition coefficient (Wildman–Crippen LogP) is 2.51. The Morgan fingerprint density at radius 3 is 3.14 bits per heavy atom. The molecule has 1 aliphatic heterocycles. The van der Waals surface area contributed by atoms with Crippen LogP contribution in [-0.4, -0.2) is 16.4 Å². The van der Waals surface area contributed by atoms with Crippen molar-refractivity contribution >= 4 is 17.3 Å². The summed E-state index contributed by atoms with van der Waals surface area (Å²) >= 11 is 6.03. The van der Waals surface area contributed by atoms with Crippen LogP contribution in [0.1, 0.15) is 18.0 Å². The highest BCUT2D eigenvalue weighted by atomic mass is 35.5. The number of hydrogen-bond donors (Lipinski definition) is 1. The van der Waals surface area contributed by atoms with Gasteiger partial charge in [-0.1, -0.05) is 11.6 Å². The molecule has 1 aliphatic rings. The van der Waals surface area contributed by atoms with E-state index in [1.54, 1.807) is 6.07 Å². The van der Waals surface area contributed by atoms with Crippen molar-refractivity contribution in [3.05, 3.63) is 51.2 Å². The Kier molecular flexibility index (Phi) is 3.55. The molecule has 0 fully saturated rings. The number of aryl methyl sites for hydroxylation is 1. The highest BCUT2D eigenvalue weighted by Gasteiger charge is 2.23. The van der Waals surface area contributed by atoms with Gasteiger partial charge in [-0.2, -0.15) is 5.10 Å². The van der Waals surface area contributed by atoms with Gasteiger partial charge in [-0.25, -0.2) is 9.07 Å². The molecule has 0 radical (unpaired) electrons. The van der Waals surface area contributed by atoms with Crippen molar-refractivity contribution in [2.24, 2.45) is 7.05 Å². The van der Waals surface area contributed by atoms with Crippen LogP contribution in [0, 0.1) is 5.82 Å². The molecule has 0 bridgehead atoms. The van der Waals surface area contributed by atoms with E-state index >= 15 is 0 Å². The van der Waals surface area contributed by atoms with Gasteiger partial charge in [-0.3, -0.25) is 4.79 Å². The highest BCUT2D eigenvalue weighted by molar-refractivity contribution is 6.32. The molecule has 0 aliphatic carbocycles. The van der Waals surface area contributed by atoms with Crippen molar-refractivity contribution in [3.8, 4) is 5.75 Å². The van der Waals surface area contributed by atoms with Crippen molar-refractivity contribution < 1.29 is 9.13 Å². The summed E-state index contributed by atoms with van der Waals surface area (Å²) in [6.45, 7) is 0.506. The van der Waals surface area contributed by atoms with Crippen LogP contribution in [0.2, 0.25) is 5.02 Å². The summed E-state index contributed by atoms with van der Waals surface area (Å²) < 4.78 is 20.1. The lowest BCUT2D eigenvalue weighted by Crippen LogP contribution is -2.24. The third-order valence-electron chi connectivity index (χ3n) is 3.42. The molecule has 21 heavy (non-hydrogen) atoms. The first kappa shape index (κ1) is 13.9. The third kappa shape index (κ3) is 2.58. The van der Waals surface area contributed by atoms with Crippen LogP contribution >= 0.6 is 11.6 Å². The van der Waals surface area contributed by atoms with E-state index in [-0.39, 0.29) is 22.4 Å². The summed E-state index contributed by atoms with van der Waals surface area (Å²) in [5, 5.41) is 7.14. The SMILES string of the molecule is Cn1ncc(NC2CCOc3ccc(F)cc32)c(Cl)c1=O. The molecule has 0 saturated carbocycles. The Hall–Kier alpha value is -2.08. The van der Waals surface area contributed by atoms with Crippen LogP contribution < -0.4 is 15.6 Å². The summed E-state index contributed by atoms with van der Waals surface area (Å²) in [4.78, 5) is 11.8. The second-order valence-corrected chi connectivity index (χ2v) is 5.20. The standard InChI is InChI=1S/C14H13ClFN3O2/c1-19-14(20)13(15)11(7-17-19)18-10-4-5-21-12-3-2-8(16)6-9(10)12/h2-3,6-7,10,18H,4-5H2,1H3. The van der Waals surface area contributed by atoms with E-state index in [4.69, 9.17) is 16.3 Å². The lowest BCUT2D eigenvalue weighted by Gasteiger charge is -2.27. The molecule has 0 saturated heterocycles. The fourth-order valence-electron chi connectivity index (χ4n) is 2.31. The minimum atomic E-state index is -0.381. The van der Waals surface area contributed by atoms with E-state index in [1.807, 2.05) is 0 Å². The first-order valence-corrected chi connectivity index (χ1v) is 6.84. The normalized spacial score (nSPS) is 17.0. The number of anilines is 1. The van der Waals surface area contributed by atoms with E-state index in [0.717, 1.165) is 4.68 Å². The number of benzene rings is 1. The van der Waals surface area contributed by atoms with Gasteiger partial charge in [-0.05, 0) is 18.2 Å². The van der Waals surface area contributed by atoms with Gasteiger partial charge >= 0.3 is 0 Å². The molecule has 1 unspecified atom stereocenters. The fourth-order valence-corrected chi connectivity index (χ4v) is 2.54. The average Bonchev–Trinajstić information content (AvgIpc) is 2.48. The molecule has 7 heteroatoms. The molecule has 5 nitrogen and oxygen atoms in total. The number of fused-ring (bicyclic) bond motifs is 1. The fraction of sp³-hybridized carbons (Fsp3) is 0.286. The lowest BCUT2D eigenvalue weighted by molar-refractivity contribution is 0.273. The summed E-state index contributed by atoms with van der Waals surface area (Å²) in [7, 11) is 1.52. The van der Waals surface area contributed by atoms with E-state index in [1.165, 1.54) is 25.4 Å². The van der Waals surface area contributed by atoms with Crippen LogP contribution in [-0.2, 0) is 7.05 Å². The zero-order valence-corrected chi connectivity index (χ0v) is 12.0.